The summed E-state index contributed by atoms with van der Waals surface area (Å²) in [4.78, 5) is 6.82. The maximum absolute atomic E-state index is 6.27. The summed E-state index contributed by atoms with van der Waals surface area (Å²) < 4.78 is 0. The van der Waals surface area contributed by atoms with Gasteiger partial charge >= 0.3 is 0 Å². The molecule has 0 aliphatic carbocycles. The van der Waals surface area contributed by atoms with Gasteiger partial charge in [0, 0.05) is 24.2 Å². The molecule has 2 aromatic rings. The summed E-state index contributed by atoms with van der Waals surface area (Å²) in [5, 5.41) is 1.20. The quantitative estimate of drug-likeness (QED) is 0.910. The maximum atomic E-state index is 6.27. The third kappa shape index (κ3) is 3.11. The molecule has 1 atom stereocenters. The molecule has 1 saturated heterocycles. The van der Waals surface area contributed by atoms with E-state index in [2.05, 4.69) is 34.1 Å². The highest BCUT2D eigenvalue weighted by Gasteiger charge is 2.15. The Hall–Kier alpha value is -1.45. The molecule has 0 spiro atoms. The molecule has 3 rings (SSSR count). The third-order valence-electron chi connectivity index (χ3n) is 3.86. The first-order valence-electron chi connectivity index (χ1n) is 7.13. The van der Waals surface area contributed by atoms with Crippen molar-refractivity contribution in [1.82, 2.24) is 9.88 Å². The lowest BCUT2D eigenvalue weighted by molar-refractivity contribution is 0.313. The van der Waals surface area contributed by atoms with Gasteiger partial charge in [0.15, 0.2) is 0 Å². The van der Waals surface area contributed by atoms with Crippen molar-refractivity contribution in [2.24, 2.45) is 5.73 Å². The normalized spacial score (nSPS) is 17.9. The van der Waals surface area contributed by atoms with Crippen LogP contribution in [0.1, 0.15) is 18.4 Å². The van der Waals surface area contributed by atoms with Gasteiger partial charge in [0.05, 0.1) is 5.52 Å². The van der Waals surface area contributed by atoms with Crippen molar-refractivity contribution in [3.8, 4) is 0 Å². The largest absolute Gasteiger partial charge is 0.326 e. The molecule has 100 valence electrons. The first-order valence-corrected chi connectivity index (χ1v) is 7.13. The van der Waals surface area contributed by atoms with Gasteiger partial charge in [0.2, 0.25) is 0 Å². The number of hydrogen-bond acceptors (Lipinski definition) is 3. The lowest BCUT2D eigenvalue weighted by atomic mass is 10.0. The Morgan fingerprint density at radius 1 is 1.21 bits per heavy atom. The van der Waals surface area contributed by atoms with Gasteiger partial charge in [-0.1, -0.05) is 12.1 Å². The van der Waals surface area contributed by atoms with Crippen LogP contribution < -0.4 is 5.73 Å². The summed E-state index contributed by atoms with van der Waals surface area (Å²) in [7, 11) is 0. The average Bonchev–Trinajstić information content (AvgIpc) is 2.91. The molecule has 0 saturated carbocycles. The van der Waals surface area contributed by atoms with Crippen LogP contribution in [-0.2, 0) is 6.42 Å². The monoisotopic (exact) mass is 255 g/mol. The van der Waals surface area contributed by atoms with Crippen LogP contribution in [0.3, 0.4) is 0 Å². The van der Waals surface area contributed by atoms with E-state index in [0.717, 1.165) is 18.5 Å². The van der Waals surface area contributed by atoms with Gasteiger partial charge in [-0.15, -0.1) is 0 Å². The Balaban J connectivity index is 1.66. The number of rotatable bonds is 4. The minimum Gasteiger partial charge on any atom is -0.326 e. The minimum atomic E-state index is 0.229. The number of likely N-dealkylation sites (tertiary alicyclic amines) is 1. The van der Waals surface area contributed by atoms with Crippen LogP contribution in [0.5, 0.6) is 0 Å². The van der Waals surface area contributed by atoms with E-state index in [0.29, 0.717) is 0 Å². The van der Waals surface area contributed by atoms with Crippen molar-refractivity contribution >= 4 is 10.9 Å². The van der Waals surface area contributed by atoms with E-state index in [4.69, 9.17) is 5.73 Å². The number of nitrogens with two attached hydrogens (primary N) is 1. The van der Waals surface area contributed by atoms with Gasteiger partial charge in [-0.25, -0.2) is 0 Å². The summed E-state index contributed by atoms with van der Waals surface area (Å²) >= 11 is 0. The van der Waals surface area contributed by atoms with Crippen molar-refractivity contribution in [2.45, 2.75) is 25.3 Å². The Kier molecular flexibility index (Phi) is 3.76. The summed E-state index contributed by atoms with van der Waals surface area (Å²) in [6, 6.07) is 10.8. The van der Waals surface area contributed by atoms with Gasteiger partial charge in [0.1, 0.15) is 0 Å². The predicted molar refractivity (Wildman–Crippen MR) is 79.1 cm³/mol. The summed E-state index contributed by atoms with van der Waals surface area (Å²) in [5.41, 5.74) is 8.64. The topological polar surface area (TPSA) is 42.1 Å². The molecule has 3 heteroatoms. The molecule has 1 aliphatic rings. The first kappa shape index (κ1) is 12.6. The van der Waals surface area contributed by atoms with Crippen molar-refractivity contribution in [3.05, 3.63) is 42.1 Å². The van der Waals surface area contributed by atoms with E-state index in [1.165, 1.54) is 36.9 Å². The SMILES string of the molecule is N[C@@H](Cc1ccc2ncccc2c1)CN1CCCC1. The van der Waals surface area contributed by atoms with Crippen LogP contribution in [0.15, 0.2) is 36.5 Å². The minimum absolute atomic E-state index is 0.229. The lowest BCUT2D eigenvalue weighted by Gasteiger charge is -2.20. The molecule has 0 radical (unpaired) electrons. The van der Waals surface area contributed by atoms with Crippen molar-refractivity contribution < 1.29 is 0 Å². The zero-order valence-corrected chi connectivity index (χ0v) is 11.3. The van der Waals surface area contributed by atoms with Gasteiger partial charge in [-0.05, 0) is 56.1 Å². The van der Waals surface area contributed by atoms with Crippen molar-refractivity contribution in [3.63, 3.8) is 0 Å². The van der Waals surface area contributed by atoms with E-state index in [1.54, 1.807) is 0 Å². The molecule has 2 N–H and O–H groups in total. The fourth-order valence-electron chi connectivity index (χ4n) is 2.92. The molecule has 1 aromatic heterocycles. The van der Waals surface area contributed by atoms with Crippen LogP contribution in [-0.4, -0.2) is 35.6 Å². The van der Waals surface area contributed by atoms with E-state index in [9.17, 15) is 0 Å². The summed E-state index contributed by atoms with van der Waals surface area (Å²) in [6.45, 7) is 3.45. The van der Waals surface area contributed by atoms with Crippen LogP contribution >= 0.6 is 0 Å². The first-order chi connectivity index (χ1) is 9.31. The molecule has 0 unspecified atom stereocenters. The van der Waals surface area contributed by atoms with E-state index >= 15 is 0 Å². The van der Waals surface area contributed by atoms with Gasteiger partial charge in [0.25, 0.3) is 0 Å². The Labute approximate surface area is 114 Å². The molecule has 1 aliphatic heterocycles. The van der Waals surface area contributed by atoms with Crippen molar-refractivity contribution in [1.29, 1.82) is 0 Å². The second kappa shape index (κ2) is 5.68. The second-order valence-corrected chi connectivity index (χ2v) is 5.50. The molecule has 1 aromatic carbocycles. The highest BCUT2D eigenvalue weighted by atomic mass is 15.1. The zero-order valence-electron chi connectivity index (χ0n) is 11.3. The molecule has 1 fully saturated rings. The number of pyridine rings is 1. The molecule has 2 heterocycles. The molecule has 0 amide bonds. The van der Waals surface area contributed by atoms with E-state index in [-0.39, 0.29) is 6.04 Å². The third-order valence-corrected chi connectivity index (χ3v) is 3.86. The predicted octanol–water partition coefficient (Wildman–Crippen LogP) is 2.20. The highest BCUT2D eigenvalue weighted by molar-refractivity contribution is 5.78. The van der Waals surface area contributed by atoms with E-state index < -0.39 is 0 Å². The Bertz CT molecular complexity index is 546. The standard InChI is InChI=1S/C16H21N3/c17-15(12-19-8-1-2-9-19)11-13-5-6-16-14(10-13)4-3-7-18-16/h3-7,10,15H,1-2,8-9,11-12,17H2/t15-/m0/s1. The van der Waals surface area contributed by atoms with E-state index in [1.807, 2.05) is 12.3 Å². The number of aromatic nitrogens is 1. The van der Waals surface area contributed by atoms with Crippen molar-refractivity contribution in [2.75, 3.05) is 19.6 Å². The Morgan fingerprint density at radius 2 is 2.05 bits per heavy atom. The van der Waals surface area contributed by atoms with Crippen LogP contribution in [0, 0.1) is 0 Å². The number of benzene rings is 1. The summed E-state index contributed by atoms with van der Waals surface area (Å²) in [5.74, 6) is 0. The number of hydrogen-bond donors (Lipinski definition) is 1. The average molecular weight is 255 g/mol. The maximum Gasteiger partial charge on any atom is 0.0702 e. The van der Waals surface area contributed by atoms with Crippen LogP contribution in [0.2, 0.25) is 0 Å². The molecular formula is C16H21N3. The summed E-state index contributed by atoms with van der Waals surface area (Å²) in [6.07, 6.45) is 5.44. The fourth-order valence-corrected chi connectivity index (χ4v) is 2.92. The zero-order chi connectivity index (χ0) is 13.1. The van der Waals surface area contributed by atoms with Gasteiger partial charge < -0.3 is 10.6 Å². The molecule has 19 heavy (non-hydrogen) atoms. The molecule has 0 bridgehead atoms. The lowest BCUT2D eigenvalue weighted by Crippen LogP contribution is -2.37. The van der Waals surface area contributed by atoms with Gasteiger partial charge in [-0.2, -0.15) is 0 Å². The van der Waals surface area contributed by atoms with Crippen LogP contribution in [0.4, 0.5) is 0 Å². The smallest absolute Gasteiger partial charge is 0.0702 e. The highest BCUT2D eigenvalue weighted by Crippen LogP contribution is 2.15. The van der Waals surface area contributed by atoms with Crippen LogP contribution in [0.25, 0.3) is 10.9 Å². The Morgan fingerprint density at radius 3 is 2.89 bits per heavy atom. The fraction of sp³-hybridized carbons (Fsp3) is 0.438. The second-order valence-electron chi connectivity index (χ2n) is 5.50. The molecule has 3 nitrogen and oxygen atoms in total. The number of fused-ring (bicyclic) bond motifs is 1. The molecular weight excluding hydrogens is 234 g/mol. The van der Waals surface area contributed by atoms with Gasteiger partial charge in [-0.3, -0.25) is 4.98 Å². The number of nitrogens with zero attached hydrogens (tertiary/aromatic N) is 2.